The lowest BCUT2D eigenvalue weighted by Crippen LogP contribution is -2.25. The van der Waals surface area contributed by atoms with Gasteiger partial charge in [0.2, 0.25) is 6.20 Å². The van der Waals surface area contributed by atoms with Crippen LogP contribution in [0.4, 0.5) is 0 Å². The van der Waals surface area contributed by atoms with Gasteiger partial charge in [-0.25, -0.2) is 0 Å². The van der Waals surface area contributed by atoms with Gasteiger partial charge < -0.3 is 0 Å². The van der Waals surface area contributed by atoms with Gasteiger partial charge in [-0.3, -0.25) is 0 Å². The molecular formula is C8H6ClN2S+. The van der Waals surface area contributed by atoms with Crippen LogP contribution in [0.5, 0.6) is 0 Å². The number of para-hydroxylation sites is 1. The quantitative estimate of drug-likeness (QED) is 0.640. The summed E-state index contributed by atoms with van der Waals surface area (Å²) in [5, 5.41) is 0.645. The van der Waals surface area contributed by atoms with Crippen LogP contribution in [0.1, 0.15) is 0 Å². The minimum atomic E-state index is 0.645. The smallest absolute Gasteiger partial charge is 0.123 e. The Balaban J connectivity index is 2.51. The van der Waals surface area contributed by atoms with Gasteiger partial charge in [0, 0.05) is 4.37 Å². The van der Waals surface area contributed by atoms with Gasteiger partial charge in [-0.05, 0) is 23.7 Å². The Labute approximate surface area is 79.4 Å². The van der Waals surface area contributed by atoms with E-state index in [0.717, 1.165) is 5.69 Å². The number of aromatic nitrogens is 2. The average Bonchev–Trinajstić information content (AvgIpc) is 2.53. The maximum Gasteiger partial charge on any atom is 0.283 e. The van der Waals surface area contributed by atoms with E-state index in [4.69, 9.17) is 11.6 Å². The first-order valence-corrected chi connectivity index (χ1v) is 4.57. The summed E-state index contributed by atoms with van der Waals surface area (Å²) in [4.78, 5) is 0. The molecule has 12 heavy (non-hydrogen) atoms. The molecule has 0 fully saturated rings. The molecular weight excluding hydrogens is 192 g/mol. The summed E-state index contributed by atoms with van der Waals surface area (Å²) in [6.45, 7) is 0. The summed E-state index contributed by atoms with van der Waals surface area (Å²) in [7, 11) is 0. The third-order valence-corrected chi connectivity index (χ3v) is 2.61. The Hall–Kier alpha value is -0.930. The first kappa shape index (κ1) is 7.71. The molecule has 1 heterocycles. The molecule has 1 aromatic heterocycles. The molecule has 60 valence electrons. The second-order valence-electron chi connectivity index (χ2n) is 2.27. The van der Waals surface area contributed by atoms with Gasteiger partial charge in [0.15, 0.2) is 0 Å². The zero-order valence-electron chi connectivity index (χ0n) is 6.14. The van der Waals surface area contributed by atoms with Crippen molar-refractivity contribution in [3.8, 4) is 5.69 Å². The molecule has 0 radical (unpaired) electrons. The molecule has 0 atom stereocenters. The van der Waals surface area contributed by atoms with Crippen LogP contribution in [0, 0.1) is 0 Å². The average molecular weight is 198 g/mol. The fourth-order valence-corrected chi connectivity index (χ4v) is 1.82. The highest BCUT2D eigenvalue weighted by molar-refractivity contribution is 6.95. The molecule has 0 saturated carbocycles. The Kier molecular flexibility index (Phi) is 2.06. The lowest BCUT2D eigenvalue weighted by molar-refractivity contribution is -0.517. The van der Waals surface area contributed by atoms with E-state index < -0.39 is 0 Å². The predicted octanol–water partition coefficient (Wildman–Crippen LogP) is 2.07. The van der Waals surface area contributed by atoms with Crippen LogP contribution >= 0.6 is 23.3 Å². The number of hydrogen-bond acceptors (Lipinski definition) is 2. The highest BCUT2D eigenvalue weighted by Crippen LogP contribution is 2.06. The largest absolute Gasteiger partial charge is 0.283 e. The van der Waals surface area contributed by atoms with Gasteiger partial charge in [0.25, 0.3) is 16.9 Å². The van der Waals surface area contributed by atoms with Crippen molar-refractivity contribution in [2.75, 3.05) is 0 Å². The Bertz CT molecular complexity index is 372. The van der Waals surface area contributed by atoms with Gasteiger partial charge in [-0.15, -0.1) is 3.96 Å². The van der Waals surface area contributed by atoms with Crippen LogP contribution in [-0.2, 0) is 0 Å². The van der Waals surface area contributed by atoms with Crippen molar-refractivity contribution < 1.29 is 3.96 Å². The zero-order valence-corrected chi connectivity index (χ0v) is 7.72. The predicted molar refractivity (Wildman–Crippen MR) is 48.7 cm³/mol. The van der Waals surface area contributed by atoms with Crippen molar-refractivity contribution in [3.63, 3.8) is 0 Å². The molecule has 2 aromatic rings. The van der Waals surface area contributed by atoms with Crippen molar-refractivity contribution in [1.82, 2.24) is 4.37 Å². The number of hydrogen-bond donors (Lipinski definition) is 0. The van der Waals surface area contributed by atoms with E-state index in [1.54, 1.807) is 6.20 Å². The molecule has 0 unspecified atom stereocenters. The topological polar surface area (TPSA) is 16.8 Å². The molecule has 0 aliphatic rings. The Morgan fingerprint density at radius 3 is 2.58 bits per heavy atom. The maximum atomic E-state index is 5.89. The molecule has 4 heteroatoms. The van der Waals surface area contributed by atoms with Crippen molar-refractivity contribution in [3.05, 3.63) is 41.7 Å². The first-order chi connectivity index (χ1) is 5.88. The van der Waals surface area contributed by atoms with Crippen molar-refractivity contribution in [2.24, 2.45) is 0 Å². The van der Waals surface area contributed by atoms with Gasteiger partial charge in [-0.2, -0.15) is 0 Å². The normalized spacial score (nSPS) is 10.1. The summed E-state index contributed by atoms with van der Waals surface area (Å²) < 4.78 is 5.83. The summed E-state index contributed by atoms with van der Waals surface area (Å²) in [6.07, 6.45) is 1.64. The third-order valence-electron chi connectivity index (χ3n) is 1.47. The van der Waals surface area contributed by atoms with Crippen molar-refractivity contribution in [1.29, 1.82) is 0 Å². The zero-order chi connectivity index (χ0) is 8.39. The monoisotopic (exact) mass is 197 g/mol. The third kappa shape index (κ3) is 1.33. The lowest BCUT2D eigenvalue weighted by atomic mass is 10.3. The van der Waals surface area contributed by atoms with E-state index in [2.05, 4.69) is 4.37 Å². The van der Waals surface area contributed by atoms with E-state index in [9.17, 15) is 0 Å². The minimum Gasteiger partial charge on any atom is -0.123 e. The summed E-state index contributed by atoms with van der Waals surface area (Å²) in [5.41, 5.74) is 1.05. The van der Waals surface area contributed by atoms with Crippen LogP contribution in [0.3, 0.4) is 0 Å². The van der Waals surface area contributed by atoms with Crippen molar-refractivity contribution >= 4 is 23.3 Å². The van der Waals surface area contributed by atoms with Crippen LogP contribution in [0.25, 0.3) is 5.69 Å². The second-order valence-corrected chi connectivity index (χ2v) is 3.40. The van der Waals surface area contributed by atoms with Gasteiger partial charge in [0.05, 0.1) is 0 Å². The Morgan fingerprint density at radius 2 is 2.00 bits per heavy atom. The molecule has 2 rings (SSSR count). The Morgan fingerprint density at radius 1 is 1.25 bits per heavy atom. The molecule has 0 N–H and O–H groups in total. The first-order valence-electron chi connectivity index (χ1n) is 3.46. The number of rotatable bonds is 1. The summed E-state index contributed by atoms with van der Waals surface area (Å²) >= 11 is 7.22. The molecule has 0 spiro atoms. The molecule has 0 bridgehead atoms. The van der Waals surface area contributed by atoms with Gasteiger partial charge in [-0.1, -0.05) is 18.2 Å². The molecule has 2 nitrogen and oxygen atoms in total. The van der Waals surface area contributed by atoms with E-state index >= 15 is 0 Å². The van der Waals surface area contributed by atoms with Crippen molar-refractivity contribution in [2.45, 2.75) is 0 Å². The van der Waals surface area contributed by atoms with Crippen LogP contribution in [0.2, 0.25) is 5.15 Å². The minimum absolute atomic E-state index is 0.645. The van der Waals surface area contributed by atoms with Gasteiger partial charge >= 0.3 is 0 Å². The number of nitrogens with zero attached hydrogens (tertiary/aromatic N) is 2. The lowest BCUT2D eigenvalue weighted by Gasteiger charge is -1.91. The highest BCUT2D eigenvalue weighted by Gasteiger charge is 2.11. The number of benzene rings is 1. The SMILES string of the molecule is Clc1cns[n+]1-c1ccccc1. The maximum absolute atomic E-state index is 5.89. The van der Waals surface area contributed by atoms with E-state index in [1.165, 1.54) is 11.7 Å². The summed E-state index contributed by atoms with van der Waals surface area (Å²) in [5.74, 6) is 0. The molecule has 0 saturated heterocycles. The van der Waals surface area contributed by atoms with Crippen LogP contribution in [-0.4, -0.2) is 4.37 Å². The standard InChI is InChI=1S/C8H6ClN2S/c9-8-6-10-12-11(8)7-4-2-1-3-5-7/h1-6H/q+1. The fraction of sp³-hybridized carbons (Fsp3) is 0. The number of halogens is 1. The van der Waals surface area contributed by atoms with E-state index in [-0.39, 0.29) is 0 Å². The second kappa shape index (κ2) is 3.21. The van der Waals surface area contributed by atoms with Crippen LogP contribution in [0.15, 0.2) is 36.5 Å². The van der Waals surface area contributed by atoms with Gasteiger partial charge in [0.1, 0.15) is 5.69 Å². The van der Waals surface area contributed by atoms with Crippen LogP contribution < -0.4 is 3.96 Å². The molecule has 0 aliphatic carbocycles. The molecule has 1 aromatic carbocycles. The molecule has 0 aliphatic heterocycles. The highest BCUT2D eigenvalue weighted by atomic mass is 35.5. The van der Waals surface area contributed by atoms with E-state index in [0.29, 0.717) is 5.15 Å². The van der Waals surface area contributed by atoms with E-state index in [1.807, 2.05) is 34.3 Å². The fourth-order valence-electron chi connectivity index (χ4n) is 0.939. The molecule has 0 amide bonds. The summed E-state index contributed by atoms with van der Waals surface area (Å²) in [6, 6.07) is 9.89.